The van der Waals surface area contributed by atoms with Crippen LogP contribution in [0.2, 0.25) is 0 Å². The fourth-order valence-electron chi connectivity index (χ4n) is 3.37. The number of anilines is 1. The van der Waals surface area contributed by atoms with E-state index in [4.69, 9.17) is 14.2 Å². The van der Waals surface area contributed by atoms with Gasteiger partial charge in [0.05, 0.1) is 32.6 Å². The first-order valence-corrected chi connectivity index (χ1v) is 10.1. The van der Waals surface area contributed by atoms with Crippen molar-refractivity contribution in [1.82, 2.24) is 4.98 Å². The number of nitrogens with one attached hydrogen (secondary N) is 1. The van der Waals surface area contributed by atoms with Crippen LogP contribution < -0.4 is 14.8 Å². The summed E-state index contributed by atoms with van der Waals surface area (Å²) < 4.78 is 15.5. The first-order chi connectivity index (χ1) is 14.5. The lowest BCUT2D eigenvalue weighted by Gasteiger charge is -2.19. The van der Waals surface area contributed by atoms with E-state index in [1.165, 1.54) is 14.2 Å². The quantitative estimate of drug-likeness (QED) is 0.428. The molecule has 30 heavy (non-hydrogen) atoms. The molecular formula is C23H30N2O5. The van der Waals surface area contributed by atoms with E-state index in [-0.39, 0.29) is 18.2 Å². The molecule has 1 aromatic heterocycles. The Hall–Kier alpha value is -3.09. The number of nitrogens with zero attached hydrogens (tertiary/aromatic N) is 1. The fourth-order valence-corrected chi connectivity index (χ4v) is 3.37. The second-order valence-corrected chi connectivity index (χ2v) is 6.95. The number of ether oxygens (including phenoxy) is 3. The minimum Gasteiger partial charge on any atom is -0.495 e. The topological polar surface area (TPSA) is 86.8 Å². The molecule has 162 valence electrons. The van der Waals surface area contributed by atoms with Crippen molar-refractivity contribution in [2.75, 3.05) is 26.6 Å². The van der Waals surface area contributed by atoms with Gasteiger partial charge in [-0.2, -0.15) is 0 Å². The normalized spacial score (nSPS) is 11.5. The third-order valence-corrected chi connectivity index (χ3v) is 4.92. The SMILES string of the molecule is CCCCCC(CC(=O)Nc1cc(C(=O)OC)ccc1OC)c1cccnc1OC. The molecule has 1 heterocycles. The molecule has 1 aromatic carbocycles. The summed E-state index contributed by atoms with van der Waals surface area (Å²) in [6, 6.07) is 8.58. The number of carbonyl (C=O) groups excluding carboxylic acids is 2. The summed E-state index contributed by atoms with van der Waals surface area (Å²) in [4.78, 5) is 29.0. The van der Waals surface area contributed by atoms with Crippen molar-refractivity contribution in [3.8, 4) is 11.6 Å². The number of aromatic nitrogens is 1. The Morgan fingerprint density at radius 1 is 1.10 bits per heavy atom. The van der Waals surface area contributed by atoms with Crippen molar-refractivity contribution in [2.24, 2.45) is 0 Å². The van der Waals surface area contributed by atoms with Gasteiger partial charge in [0.2, 0.25) is 11.8 Å². The van der Waals surface area contributed by atoms with E-state index >= 15 is 0 Å². The van der Waals surface area contributed by atoms with Crippen LogP contribution in [0.3, 0.4) is 0 Å². The Labute approximate surface area is 177 Å². The number of esters is 1. The van der Waals surface area contributed by atoms with Gasteiger partial charge in [0, 0.05) is 18.2 Å². The van der Waals surface area contributed by atoms with Crippen molar-refractivity contribution in [2.45, 2.75) is 44.9 Å². The van der Waals surface area contributed by atoms with E-state index in [0.717, 1.165) is 31.2 Å². The Balaban J connectivity index is 2.22. The smallest absolute Gasteiger partial charge is 0.337 e. The molecule has 0 saturated carbocycles. The third kappa shape index (κ3) is 6.20. The van der Waals surface area contributed by atoms with Gasteiger partial charge in [-0.1, -0.05) is 32.3 Å². The van der Waals surface area contributed by atoms with Gasteiger partial charge in [0.25, 0.3) is 0 Å². The zero-order valence-electron chi connectivity index (χ0n) is 18.1. The highest BCUT2D eigenvalue weighted by molar-refractivity contribution is 5.96. The van der Waals surface area contributed by atoms with Crippen LogP contribution in [-0.2, 0) is 9.53 Å². The van der Waals surface area contributed by atoms with Gasteiger partial charge in [-0.25, -0.2) is 9.78 Å². The molecule has 0 aliphatic heterocycles. The van der Waals surface area contributed by atoms with Crippen LogP contribution >= 0.6 is 0 Å². The van der Waals surface area contributed by atoms with E-state index in [1.54, 1.807) is 31.5 Å². The zero-order chi connectivity index (χ0) is 21.9. The Morgan fingerprint density at radius 3 is 2.57 bits per heavy atom. The second kappa shape index (κ2) is 11.8. The molecule has 0 saturated heterocycles. The van der Waals surface area contributed by atoms with Crippen LogP contribution in [-0.4, -0.2) is 38.2 Å². The molecule has 2 aromatic rings. The minimum absolute atomic E-state index is 0.0324. The van der Waals surface area contributed by atoms with Crippen molar-refractivity contribution >= 4 is 17.6 Å². The monoisotopic (exact) mass is 414 g/mol. The van der Waals surface area contributed by atoms with E-state index in [0.29, 0.717) is 22.9 Å². The van der Waals surface area contributed by atoms with E-state index in [1.807, 2.05) is 12.1 Å². The first-order valence-electron chi connectivity index (χ1n) is 10.1. The fraction of sp³-hybridized carbons (Fsp3) is 0.435. The van der Waals surface area contributed by atoms with Gasteiger partial charge in [0.1, 0.15) is 5.75 Å². The largest absolute Gasteiger partial charge is 0.495 e. The maximum atomic E-state index is 12.9. The predicted molar refractivity (Wildman–Crippen MR) is 115 cm³/mol. The summed E-state index contributed by atoms with van der Waals surface area (Å²) in [7, 11) is 4.40. The molecule has 7 nitrogen and oxygen atoms in total. The number of amides is 1. The van der Waals surface area contributed by atoms with E-state index in [2.05, 4.69) is 17.2 Å². The molecule has 1 amide bonds. The molecule has 0 fully saturated rings. The van der Waals surface area contributed by atoms with Crippen molar-refractivity contribution in [3.05, 3.63) is 47.7 Å². The van der Waals surface area contributed by atoms with Crippen LogP contribution in [0.25, 0.3) is 0 Å². The van der Waals surface area contributed by atoms with Crippen LogP contribution in [0.5, 0.6) is 11.6 Å². The molecule has 0 spiro atoms. The number of unbranched alkanes of at least 4 members (excludes halogenated alkanes) is 2. The number of benzene rings is 1. The third-order valence-electron chi connectivity index (χ3n) is 4.92. The maximum Gasteiger partial charge on any atom is 0.337 e. The van der Waals surface area contributed by atoms with Crippen molar-refractivity contribution < 1.29 is 23.8 Å². The van der Waals surface area contributed by atoms with Crippen LogP contribution in [0, 0.1) is 0 Å². The molecule has 1 unspecified atom stereocenters. The molecule has 0 bridgehead atoms. The molecular weight excluding hydrogens is 384 g/mol. The summed E-state index contributed by atoms with van der Waals surface area (Å²) >= 11 is 0. The van der Waals surface area contributed by atoms with Gasteiger partial charge in [-0.3, -0.25) is 4.79 Å². The zero-order valence-corrected chi connectivity index (χ0v) is 18.1. The van der Waals surface area contributed by atoms with Gasteiger partial charge in [-0.05, 0) is 36.6 Å². The number of hydrogen-bond acceptors (Lipinski definition) is 6. The highest BCUT2D eigenvalue weighted by Gasteiger charge is 2.21. The van der Waals surface area contributed by atoms with Crippen molar-refractivity contribution in [1.29, 1.82) is 0 Å². The number of rotatable bonds is 11. The molecule has 7 heteroatoms. The van der Waals surface area contributed by atoms with Crippen molar-refractivity contribution in [3.63, 3.8) is 0 Å². The molecule has 0 aliphatic carbocycles. The summed E-state index contributed by atoms with van der Waals surface area (Å²) in [6.45, 7) is 2.15. The molecule has 2 rings (SSSR count). The summed E-state index contributed by atoms with van der Waals surface area (Å²) in [6.07, 6.45) is 5.98. The molecule has 0 aliphatic rings. The average Bonchev–Trinajstić information content (AvgIpc) is 2.77. The summed E-state index contributed by atoms with van der Waals surface area (Å²) in [5.41, 5.74) is 1.68. The highest BCUT2D eigenvalue weighted by atomic mass is 16.5. The summed E-state index contributed by atoms with van der Waals surface area (Å²) in [5, 5.41) is 2.88. The van der Waals surface area contributed by atoms with Crippen LogP contribution in [0.4, 0.5) is 5.69 Å². The average molecular weight is 415 g/mol. The summed E-state index contributed by atoms with van der Waals surface area (Å²) in [5.74, 6) is 0.318. The number of carbonyl (C=O) groups is 2. The molecule has 1 atom stereocenters. The predicted octanol–water partition coefficient (Wildman–Crippen LogP) is 4.58. The lowest BCUT2D eigenvalue weighted by Crippen LogP contribution is -2.17. The van der Waals surface area contributed by atoms with Crippen LogP contribution in [0.1, 0.15) is 60.9 Å². The number of methoxy groups -OCH3 is 3. The van der Waals surface area contributed by atoms with Gasteiger partial charge in [-0.15, -0.1) is 0 Å². The number of pyridine rings is 1. The lowest BCUT2D eigenvalue weighted by atomic mass is 9.90. The van der Waals surface area contributed by atoms with E-state index in [9.17, 15) is 9.59 Å². The van der Waals surface area contributed by atoms with Gasteiger partial charge >= 0.3 is 5.97 Å². The minimum atomic E-state index is -0.481. The maximum absolute atomic E-state index is 12.9. The first kappa shape index (κ1) is 23.2. The van der Waals surface area contributed by atoms with Gasteiger partial charge < -0.3 is 19.5 Å². The van der Waals surface area contributed by atoms with E-state index < -0.39 is 5.97 Å². The number of hydrogen-bond donors (Lipinski definition) is 1. The highest BCUT2D eigenvalue weighted by Crippen LogP contribution is 2.33. The molecule has 0 radical (unpaired) electrons. The van der Waals surface area contributed by atoms with Crippen LogP contribution in [0.15, 0.2) is 36.5 Å². The Kier molecular flexibility index (Phi) is 9.12. The van der Waals surface area contributed by atoms with Gasteiger partial charge in [0.15, 0.2) is 0 Å². The lowest BCUT2D eigenvalue weighted by molar-refractivity contribution is -0.116. The second-order valence-electron chi connectivity index (χ2n) is 6.95. The Morgan fingerprint density at radius 2 is 1.90 bits per heavy atom. The standard InChI is InChI=1S/C23H30N2O5/c1-5-6-7-9-16(18-10-8-13-24-22(18)29-3)15-21(26)25-19-14-17(23(27)30-4)11-12-20(19)28-2/h8,10-14,16H,5-7,9,15H2,1-4H3,(H,25,26). The molecule has 1 N–H and O–H groups in total. The Bertz CT molecular complexity index is 853.